The smallest absolute Gasteiger partial charge is 0.233 e. The Kier molecular flexibility index (Phi) is 12.7. The largest absolute Gasteiger partial charge is 0.378 e. The van der Waals surface area contributed by atoms with E-state index < -0.39 is 0 Å². The number of aromatic nitrogens is 3. The highest BCUT2D eigenvalue weighted by atomic mass is 16.5. The van der Waals surface area contributed by atoms with Gasteiger partial charge >= 0.3 is 0 Å². The lowest BCUT2D eigenvalue weighted by Crippen LogP contribution is -2.29. The van der Waals surface area contributed by atoms with Crippen LogP contribution in [0.3, 0.4) is 0 Å². The van der Waals surface area contributed by atoms with Crippen LogP contribution in [0, 0.1) is 0 Å². The summed E-state index contributed by atoms with van der Waals surface area (Å²) < 4.78 is 10.6. The third kappa shape index (κ3) is 10.9. The minimum absolute atomic E-state index is 0.0722. The van der Waals surface area contributed by atoms with Gasteiger partial charge in [0, 0.05) is 31.9 Å². The molecular formula is C23H34N8O3. The minimum Gasteiger partial charge on any atom is -0.378 e. The molecule has 2 aromatic rings. The molecule has 1 aromatic carbocycles. The summed E-state index contributed by atoms with van der Waals surface area (Å²) in [4.78, 5) is 25.2. The SMILES string of the molecule is C=CCNc1nc(NCC=C)nc(Nc2ccc(CC(=O)NCCOCCOCCN)cc2)n1. The highest BCUT2D eigenvalue weighted by Crippen LogP contribution is 2.17. The number of rotatable bonds is 18. The van der Waals surface area contributed by atoms with Crippen molar-refractivity contribution in [3.8, 4) is 0 Å². The van der Waals surface area contributed by atoms with Crippen LogP contribution in [0.2, 0.25) is 0 Å². The molecule has 11 nitrogen and oxygen atoms in total. The molecule has 0 unspecified atom stereocenters. The Balaban J connectivity index is 1.82. The summed E-state index contributed by atoms with van der Waals surface area (Å²) in [5.41, 5.74) is 7.00. The Hall–Kier alpha value is -3.54. The monoisotopic (exact) mass is 470 g/mol. The fourth-order valence-electron chi connectivity index (χ4n) is 2.67. The zero-order valence-corrected chi connectivity index (χ0v) is 19.4. The molecule has 0 aliphatic carbocycles. The van der Waals surface area contributed by atoms with Crippen molar-refractivity contribution in [2.24, 2.45) is 5.73 Å². The Morgan fingerprint density at radius 1 is 0.882 bits per heavy atom. The molecule has 1 aromatic heterocycles. The van der Waals surface area contributed by atoms with Crippen molar-refractivity contribution in [3.63, 3.8) is 0 Å². The normalized spacial score (nSPS) is 10.4. The first-order valence-electron chi connectivity index (χ1n) is 11.1. The van der Waals surface area contributed by atoms with E-state index in [9.17, 15) is 4.79 Å². The highest BCUT2D eigenvalue weighted by Gasteiger charge is 2.07. The molecule has 0 radical (unpaired) electrons. The second kappa shape index (κ2) is 16.1. The first-order valence-corrected chi connectivity index (χ1v) is 11.1. The molecule has 0 spiro atoms. The van der Waals surface area contributed by atoms with Gasteiger partial charge in [-0.2, -0.15) is 15.0 Å². The lowest BCUT2D eigenvalue weighted by atomic mass is 10.1. The number of hydrogen-bond donors (Lipinski definition) is 5. The van der Waals surface area contributed by atoms with Gasteiger partial charge in [0.2, 0.25) is 23.8 Å². The summed E-state index contributed by atoms with van der Waals surface area (Å²) >= 11 is 0. The molecule has 0 bridgehead atoms. The average molecular weight is 471 g/mol. The summed E-state index contributed by atoms with van der Waals surface area (Å²) in [6.07, 6.45) is 3.71. The lowest BCUT2D eigenvalue weighted by molar-refractivity contribution is -0.120. The number of benzene rings is 1. The van der Waals surface area contributed by atoms with E-state index in [0.29, 0.717) is 70.5 Å². The number of ether oxygens (including phenoxy) is 2. The Morgan fingerprint density at radius 2 is 1.47 bits per heavy atom. The summed E-state index contributed by atoms with van der Waals surface area (Å²) in [6.45, 7) is 11.3. The number of carbonyl (C=O) groups excluding carboxylic acids is 1. The van der Waals surface area contributed by atoms with E-state index in [2.05, 4.69) is 49.4 Å². The third-order valence-corrected chi connectivity index (χ3v) is 4.22. The van der Waals surface area contributed by atoms with Crippen LogP contribution in [-0.4, -0.2) is 73.5 Å². The van der Waals surface area contributed by atoms with Gasteiger partial charge in [-0.15, -0.1) is 13.2 Å². The maximum absolute atomic E-state index is 12.1. The molecule has 184 valence electrons. The van der Waals surface area contributed by atoms with Gasteiger partial charge in [-0.3, -0.25) is 4.79 Å². The second-order valence-electron chi connectivity index (χ2n) is 7.01. The fraction of sp³-hybridized carbons (Fsp3) is 0.391. The highest BCUT2D eigenvalue weighted by molar-refractivity contribution is 5.78. The van der Waals surface area contributed by atoms with Gasteiger partial charge in [-0.1, -0.05) is 24.3 Å². The Morgan fingerprint density at radius 3 is 2.06 bits per heavy atom. The van der Waals surface area contributed by atoms with Crippen LogP contribution in [0.25, 0.3) is 0 Å². The van der Waals surface area contributed by atoms with Crippen molar-refractivity contribution in [2.45, 2.75) is 6.42 Å². The van der Waals surface area contributed by atoms with Gasteiger partial charge in [-0.05, 0) is 17.7 Å². The number of anilines is 4. The van der Waals surface area contributed by atoms with Crippen molar-refractivity contribution in [1.82, 2.24) is 20.3 Å². The molecule has 0 aliphatic heterocycles. The molecule has 2 rings (SSSR count). The van der Waals surface area contributed by atoms with Crippen LogP contribution in [0.5, 0.6) is 0 Å². The van der Waals surface area contributed by atoms with Gasteiger partial charge in [0.15, 0.2) is 0 Å². The maximum atomic E-state index is 12.1. The molecule has 0 fully saturated rings. The zero-order chi connectivity index (χ0) is 24.4. The molecule has 34 heavy (non-hydrogen) atoms. The van der Waals surface area contributed by atoms with Crippen LogP contribution in [0.4, 0.5) is 23.5 Å². The number of hydrogen-bond acceptors (Lipinski definition) is 10. The van der Waals surface area contributed by atoms with E-state index in [4.69, 9.17) is 15.2 Å². The molecule has 11 heteroatoms. The van der Waals surface area contributed by atoms with Crippen LogP contribution in [-0.2, 0) is 20.7 Å². The van der Waals surface area contributed by atoms with Crippen molar-refractivity contribution >= 4 is 29.4 Å². The van der Waals surface area contributed by atoms with Gasteiger partial charge in [-0.25, -0.2) is 0 Å². The summed E-state index contributed by atoms with van der Waals surface area (Å²) in [5.74, 6) is 1.15. The van der Waals surface area contributed by atoms with Crippen LogP contribution >= 0.6 is 0 Å². The van der Waals surface area contributed by atoms with E-state index in [1.54, 1.807) is 12.2 Å². The van der Waals surface area contributed by atoms with Crippen molar-refractivity contribution in [3.05, 3.63) is 55.1 Å². The van der Waals surface area contributed by atoms with Gasteiger partial charge < -0.3 is 36.5 Å². The number of nitrogens with one attached hydrogen (secondary N) is 4. The standard InChI is InChI=1S/C23H34N8O3/c1-3-10-26-21-29-22(27-11-4-2)31-23(30-21)28-19-7-5-18(6-8-19)17-20(32)25-12-14-34-16-15-33-13-9-24/h3-8H,1-2,9-17,24H2,(H,25,32)(H3,26,27,28,29,30,31). The van der Waals surface area contributed by atoms with E-state index in [-0.39, 0.29) is 12.3 Å². The van der Waals surface area contributed by atoms with Gasteiger partial charge in [0.1, 0.15) is 0 Å². The lowest BCUT2D eigenvalue weighted by Gasteiger charge is -2.11. The van der Waals surface area contributed by atoms with Crippen molar-refractivity contribution < 1.29 is 14.3 Å². The zero-order valence-electron chi connectivity index (χ0n) is 19.4. The average Bonchev–Trinajstić information content (AvgIpc) is 2.84. The molecule has 1 heterocycles. The first-order chi connectivity index (χ1) is 16.6. The predicted octanol–water partition coefficient (Wildman–Crippen LogP) is 1.46. The second-order valence-corrected chi connectivity index (χ2v) is 7.01. The quantitative estimate of drug-likeness (QED) is 0.160. The summed E-state index contributed by atoms with van der Waals surface area (Å²) in [6, 6.07) is 7.49. The first kappa shape index (κ1) is 26.7. The Bertz CT molecular complexity index is 862. The number of nitrogens with zero attached hydrogens (tertiary/aromatic N) is 3. The van der Waals surface area contributed by atoms with E-state index >= 15 is 0 Å². The molecule has 0 saturated heterocycles. The molecule has 1 amide bonds. The van der Waals surface area contributed by atoms with Crippen molar-refractivity contribution in [2.75, 3.05) is 68.6 Å². The Labute approximate surface area is 200 Å². The molecule has 0 aliphatic rings. The molecule has 0 atom stereocenters. The van der Waals surface area contributed by atoms with E-state index in [0.717, 1.165) is 11.3 Å². The maximum Gasteiger partial charge on any atom is 0.233 e. The van der Waals surface area contributed by atoms with Gasteiger partial charge in [0.25, 0.3) is 0 Å². The molecular weight excluding hydrogens is 436 g/mol. The number of nitrogens with two attached hydrogens (primary N) is 1. The van der Waals surface area contributed by atoms with E-state index in [1.165, 1.54) is 0 Å². The predicted molar refractivity (Wildman–Crippen MR) is 134 cm³/mol. The van der Waals surface area contributed by atoms with Crippen LogP contribution in [0.15, 0.2) is 49.6 Å². The molecule has 0 saturated carbocycles. The van der Waals surface area contributed by atoms with E-state index in [1.807, 2.05) is 24.3 Å². The van der Waals surface area contributed by atoms with Crippen molar-refractivity contribution in [1.29, 1.82) is 0 Å². The fourth-order valence-corrected chi connectivity index (χ4v) is 2.67. The van der Waals surface area contributed by atoms with Crippen LogP contribution in [0.1, 0.15) is 5.56 Å². The van der Waals surface area contributed by atoms with Crippen LogP contribution < -0.4 is 27.0 Å². The number of carbonyl (C=O) groups is 1. The third-order valence-electron chi connectivity index (χ3n) is 4.22. The summed E-state index contributed by atoms with van der Waals surface area (Å²) in [5, 5.41) is 12.1. The molecule has 6 N–H and O–H groups in total. The topological polar surface area (TPSA) is 148 Å². The number of amides is 1. The summed E-state index contributed by atoms with van der Waals surface area (Å²) in [7, 11) is 0. The minimum atomic E-state index is -0.0722. The van der Waals surface area contributed by atoms with Gasteiger partial charge in [0.05, 0.1) is 32.8 Å².